The highest BCUT2D eigenvalue weighted by Gasteiger charge is 2.13. The monoisotopic (exact) mass is 391 g/mol. The third kappa shape index (κ3) is 4.78. The van der Waals surface area contributed by atoms with Crippen molar-refractivity contribution >= 4 is 28.9 Å². The van der Waals surface area contributed by atoms with Crippen molar-refractivity contribution in [2.24, 2.45) is 5.92 Å². The maximum Gasteiger partial charge on any atom is 0.308 e. The third-order valence-corrected chi connectivity index (χ3v) is 4.26. The van der Waals surface area contributed by atoms with Crippen LogP contribution in [0, 0.1) is 12.8 Å². The van der Waals surface area contributed by atoms with Crippen LogP contribution in [-0.4, -0.2) is 39.3 Å². The third-order valence-electron chi connectivity index (χ3n) is 3.81. The number of carbonyl (C=O) groups excluding carboxylic acids is 1. The van der Waals surface area contributed by atoms with Crippen LogP contribution in [-0.2, 0) is 14.3 Å². The molecular formula is C18H22ClN5O3. The maximum absolute atomic E-state index is 11.4. The number of hydrogen-bond acceptors (Lipinski definition) is 6. The molecule has 27 heavy (non-hydrogen) atoms. The van der Waals surface area contributed by atoms with Crippen LogP contribution in [0.4, 0.5) is 5.69 Å². The number of H-pyrrole nitrogens is 1. The fourth-order valence-corrected chi connectivity index (χ4v) is 2.61. The minimum Gasteiger partial charge on any atom is -0.438 e. The summed E-state index contributed by atoms with van der Waals surface area (Å²) < 4.78 is 11.8. The normalized spacial score (nSPS) is 11.3. The van der Waals surface area contributed by atoms with Crippen LogP contribution in [0.1, 0.15) is 26.0 Å². The smallest absolute Gasteiger partial charge is 0.308 e. The zero-order valence-corrected chi connectivity index (χ0v) is 16.2. The fourth-order valence-electron chi connectivity index (χ4n) is 2.44. The van der Waals surface area contributed by atoms with Gasteiger partial charge in [-0.25, -0.2) is 4.98 Å². The zero-order valence-electron chi connectivity index (χ0n) is 15.5. The molecule has 3 rings (SSSR count). The van der Waals surface area contributed by atoms with Crippen LogP contribution in [0.2, 0.25) is 5.02 Å². The van der Waals surface area contributed by atoms with Crippen LogP contribution >= 0.6 is 11.6 Å². The molecular weight excluding hydrogens is 370 g/mol. The van der Waals surface area contributed by atoms with E-state index in [0.717, 1.165) is 16.9 Å². The second kappa shape index (κ2) is 8.41. The molecule has 0 bridgehead atoms. The molecule has 2 heterocycles. The SMILES string of the molecule is Cc1[nH]n2nc(-c3ccc(NCOCOC(=O)CC(C)C)cc3)nc2c1Cl. The molecule has 0 spiro atoms. The maximum atomic E-state index is 11.4. The largest absolute Gasteiger partial charge is 0.438 e. The van der Waals surface area contributed by atoms with Crippen LogP contribution in [0.3, 0.4) is 0 Å². The van der Waals surface area contributed by atoms with Gasteiger partial charge in [0.2, 0.25) is 0 Å². The first-order valence-corrected chi connectivity index (χ1v) is 9.00. The summed E-state index contributed by atoms with van der Waals surface area (Å²) >= 11 is 6.18. The van der Waals surface area contributed by atoms with E-state index < -0.39 is 0 Å². The van der Waals surface area contributed by atoms with Gasteiger partial charge < -0.3 is 14.8 Å². The Morgan fingerprint density at radius 2 is 2.07 bits per heavy atom. The number of nitrogens with one attached hydrogen (secondary N) is 2. The lowest BCUT2D eigenvalue weighted by Crippen LogP contribution is -2.13. The molecule has 1 aromatic carbocycles. The Labute approximate surface area is 161 Å². The molecule has 2 N–H and O–H groups in total. The van der Waals surface area contributed by atoms with Gasteiger partial charge in [0.05, 0.1) is 5.69 Å². The van der Waals surface area contributed by atoms with Gasteiger partial charge in [0.15, 0.2) is 18.3 Å². The molecule has 0 saturated carbocycles. The lowest BCUT2D eigenvalue weighted by molar-refractivity contribution is -0.156. The summed E-state index contributed by atoms with van der Waals surface area (Å²) in [5.41, 5.74) is 3.17. The molecule has 0 saturated heterocycles. The van der Waals surface area contributed by atoms with Crippen molar-refractivity contribution in [3.63, 3.8) is 0 Å². The number of anilines is 1. The van der Waals surface area contributed by atoms with E-state index in [1.165, 1.54) is 0 Å². The van der Waals surface area contributed by atoms with E-state index >= 15 is 0 Å². The number of esters is 1. The molecule has 0 aliphatic rings. The second-order valence-corrected chi connectivity index (χ2v) is 6.93. The molecule has 0 unspecified atom stereocenters. The van der Waals surface area contributed by atoms with Gasteiger partial charge in [0.25, 0.3) is 0 Å². The average molecular weight is 392 g/mol. The van der Waals surface area contributed by atoms with Gasteiger partial charge in [-0.3, -0.25) is 9.89 Å². The number of aromatic amines is 1. The molecule has 0 atom stereocenters. The van der Waals surface area contributed by atoms with Crippen molar-refractivity contribution in [1.29, 1.82) is 0 Å². The van der Waals surface area contributed by atoms with Gasteiger partial charge in [0.1, 0.15) is 11.8 Å². The van der Waals surface area contributed by atoms with Gasteiger partial charge in [-0.2, -0.15) is 4.63 Å². The summed E-state index contributed by atoms with van der Waals surface area (Å²) in [5, 5.41) is 11.1. The number of benzene rings is 1. The molecule has 144 valence electrons. The molecule has 0 aliphatic carbocycles. The van der Waals surface area contributed by atoms with E-state index in [4.69, 9.17) is 21.1 Å². The Balaban J connectivity index is 1.49. The van der Waals surface area contributed by atoms with E-state index in [1.54, 1.807) is 4.63 Å². The van der Waals surface area contributed by atoms with Gasteiger partial charge >= 0.3 is 5.97 Å². The highest BCUT2D eigenvalue weighted by atomic mass is 35.5. The first-order chi connectivity index (χ1) is 12.9. The molecule has 9 heteroatoms. The van der Waals surface area contributed by atoms with Crippen molar-refractivity contribution in [2.75, 3.05) is 18.8 Å². The number of halogens is 1. The predicted octanol–water partition coefficient (Wildman–Crippen LogP) is 3.62. The number of aryl methyl sites for hydroxylation is 1. The summed E-state index contributed by atoms with van der Waals surface area (Å²) in [7, 11) is 0. The van der Waals surface area contributed by atoms with Crippen molar-refractivity contribution in [1.82, 2.24) is 19.8 Å². The van der Waals surface area contributed by atoms with E-state index in [9.17, 15) is 4.79 Å². The van der Waals surface area contributed by atoms with Gasteiger partial charge in [-0.1, -0.05) is 25.4 Å². The minimum atomic E-state index is -0.256. The fraction of sp³-hybridized carbons (Fsp3) is 0.389. The molecule has 3 aromatic rings. The second-order valence-electron chi connectivity index (χ2n) is 6.56. The molecule has 2 aromatic heterocycles. The molecule has 0 fully saturated rings. The lowest BCUT2D eigenvalue weighted by atomic mass is 10.1. The number of nitrogens with zero attached hydrogens (tertiary/aromatic N) is 3. The van der Waals surface area contributed by atoms with Gasteiger partial charge in [-0.05, 0) is 37.1 Å². The number of carbonyl (C=O) groups is 1. The van der Waals surface area contributed by atoms with Crippen LogP contribution in [0.25, 0.3) is 17.0 Å². The Kier molecular flexibility index (Phi) is 5.98. The summed E-state index contributed by atoms with van der Waals surface area (Å²) in [5.74, 6) is 0.600. The number of ether oxygens (including phenoxy) is 2. The van der Waals surface area contributed by atoms with Crippen molar-refractivity contribution < 1.29 is 14.3 Å². The summed E-state index contributed by atoms with van der Waals surface area (Å²) in [6.07, 6.45) is 0.389. The Hall–Kier alpha value is -2.58. The van der Waals surface area contributed by atoms with Crippen molar-refractivity contribution in [2.45, 2.75) is 27.2 Å². The average Bonchev–Trinajstić information content (AvgIpc) is 3.14. The van der Waals surface area contributed by atoms with Crippen LogP contribution in [0.15, 0.2) is 24.3 Å². The quantitative estimate of drug-likeness (QED) is 0.346. The minimum absolute atomic E-state index is 0.0680. The number of hydrogen-bond donors (Lipinski definition) is 2. The van der Waals surface area contributed by atoms with E-state index in [0.29, 0.717) is 22.9 Å². The highest BCUT2D eigenvalue weighted by molar-refractivity contribution is 6.34. The first-order valence-electron chi connectivity index (χ1n) is 8.62. The number of rotatable bonds is 8. The van der Waals surface area contributed by atoms with Gasteiger partial charge in [-0.15, -0.1) is 5.10 Å². The standard InChI is InChI=1S/C18H22ClN5O3/c1-11(2)8-15(25)27-10-26-9-20-14-6-4-13(5-7-14)17-21-18-16(19)12(3)22-24(18)23-17/h4-7,11,20,22H,8-10H2,1-3H3. The number of aromatic nitrogens is 4. The summed E-state index contributed by atoms with van der Waals surface area (Å²) in [6, 6.07) is 7.60. The van der Waals surface area contributed by atoms with Crippen molar-refractivity contribution in [3.8, 4) is 11.4 Å². The van der Waals surface area contributed by atoms with Gasteiger partial charge in [0, 0.05) is 17.7 Å². The Morgan fingerprint density at radius 1 is 1.33 bits per heavy atom. The summed E-state index contributed by atoms with van der Waals surface area (Å²) in [4.78, 5) is 15.8. The van der Waals surface area contributed by atoms with E-state index in [1.807, 2.05) is 45.0 Å². The zero-order chi connectivity index (χ0) is 19.4. The first kappa shape index (κ1) is 19.2. The van der Waals surface area contributed by atoms with Crippen molar-refractivity contribution in [3.05, 3.63) is 35.0 Å². The Bertz CT molecular complexity index is 917. The summed E-state index contributed by atoms with van der Waals surface area (Å²) in [6.45, 7) is 5.95. The van der Waals surface area contributed by atoms with E-state index in [-0.39, 0.29) is 25.4 Å². The van der Waals surface area contributed by atoms with Crippen LogP contribution < -0.4 is 5.32 Å². The predicted molar refractivity (Wildman–Crippen MR) is 103 cm³/mol. The highest BCUT2D eigenvalue weighted by Crippen LogP contribution is 2.24. The molecule has 0 amide bonds. The lowest BCUT2D eigenvalue weighted by Gasteiger charge is -2.09. The Morgan fingerprint density at radius 3 is 2.74 bits per heavy atom. The topological polar surface area (TPSA) is 93.5 Å². The van der Waals surface area contributed by atoms with E-state index in [2.05, 4.69) is 20.5 Å². The van der Waals surface area contributed by atoms with Crippen LogP contribution in [0.5, 0.6) is 0 Å². The molecule has 8 nitrogen and oxygen atoms in total. The molecule has 0 aliphatic heterocycles. The number of fused-ring (bicyclic) bond motifs is 1. The molecule has 0 radical (unpaired) electrons.